The SMILES string of the molecule is CC(C)(C)NCc1cc(Br)ccc1OCc1ccc(F)cc1.Cl. The van der Waals surface area contributed by atoms with Crippen LogP contribution in [0.2, 0.25) is 0 Å². The molecule has 2 rings (SSSR count). The predicted molar refractivity (Wildman–Crippen MR) is 98.7 cm³/mol. The Hall–Kier alpha value is -1.10. The van der Waals surface area contributed by atoms with Gasteiger partial charge in [0.2, 0.25) is 0 Å². The van der Waals surface area contributed by atoms with E-state index >= 15 is 0 Å². The molecule has 2 aromatic carbocycles. The first-order chi connectivity index (χ1) is 10.3. The van der Waals surface area contributed by atoms with Gasteiger partial charge in [0.25, 0.3) is 0 Å². The second kappa shape index (κ2) is 8.67. The number of ether oxygens (including phenoxy) is 1. The molecule has 126 valence electrons. The lowest BCUT2D eigenvalue weighted by molar-refractivity contribution is 0.300. The van der Waals surface area contributed by atoms with E-state index in [2.05, 4.69) is 48.1 Å². The number of halogens is 3. The van der Waals surface area contributed by atoms with Crippen molar-refractivity contribution in [1.82, 2.24) is 5.32 Å². The average Bonchev–Trinajstić information content (AvgIpc) is 2.45. The summed E-state index contributed by atoms with van der Waals surface area (Å²) >= 11 is 3.50. The molecule has 0 spiro atoms. The molecule has 1 N–H and O–H groups in total. The fraction of sp³-hybridized carbons (Fsp3) is 0.333. The van der Waals surface area contributed by atoms with Gasteiger partial charge in [-0.1, -0.05) is 28.1 Å². The smallest absolute Gasteiger partial charge is 0.124 e. The molecule has 0 saturated carbocycles. The van der Waals surface area contributed by atoms with E-state index in [1.165, 1.54) is 12.1 Å². The van der Waals surface area contributed by atoms with Crippen LogP contribution in [0.3, 0.4) is 0 Å². The van der Waals surface area contributed by atoms with E-state index in [1.54, 1.807) is 12.1 Å². The van der Waals surface area contributed by atoms with E-state index in [0.717, 1.165) is 27.9 Å². The maximum atomic E-state index is 12.9. The lowest BCUT2D eigenvalue weighted by atomic mass is 10.1. The van der Waals surface area contributed by atoms with E-state index in [4.69, 9.17) is 4.74 Å². The Morgan fingerprint density at radius 2 is 1.74 bits per heavy atom. The topological polar surface area (TPSA) is 21.3 Å². The summed E-state index contributed by atoms with van der Waals surface area (Å²) in [5.74, 6) is 0.603. The van der Waals surface area contributed by atoms with Gasteiger partial charge < -0.3 is 10.1 Å². The molecule has 0 amide bonds. The molecule has 0 unspecified atom stereocenters. The average molecular weight is 403 g/mol. The van der Waals surface area contributed by atoms with Gasteiger partial charge in [-0.3, -0.25) is 0 Å². The molecular weight excluding hydrogens is 381 g/mol. The summed E-state index contributed by atoms with van der Waals surface area (Å²) in [5.41, 5.74) is 2.07. The molecular formula is C18H22BrClFNO. The zero-order valence-corrected chi connectivity index (χ0v) is 15.9. The largest absolute Gasteiger partial charge is 0.489 e. The van der Waals surface area contributed by atoms with Crippen molar-refractivity contribution in [3.05, 3.63) is 63.9 Å². The van der Waals surface area contributed by atoms with Crippen LogP contribution in [0.5, 0.6) is 5.75 Å². The van der Waals surface area contributed by atoms with Gasteiger partial charge in [-0.05, 0) is 56.7 Å². The monoisotopic (exact) mass is 401 g/mol. The van der Waals surface area contributed by atoms with Crippen LogP contribution in [-0.2, 0) is 13.2 Å². The third-order valence-corrected chi connectivity index (χ3v) is 3.63. The minimum Gasteiger partial charge on any atom is -0.489 e. The van der Waals surface area contributed by atoms with Gasteiger partial charge in [0, 0.05) is 22.1 Å². The highest BCUT2D eigenvalue weighted by Crippen LogP contribution is 2.24. The maximum absolute atomic E-state index is 12.9. The molecule has 0 saturated heterocycles. The fourth-order valence-corrected chi connectivity index (χ4v) is 2.34. The summed E-state index contributed by atoms with van der Waals surface area (Å²) in [5, 5.41) is 3.46. The Morgan fingerprint density at radius 1 is 1.09 bits per heavy atom. The van der Waals surface area contributed by atoms with Crippen LogP contribution in [0.4, 0.5) is 4.39 Å². The number of benzene rings is 2. The Labute approximate surface area is 152 Å². The van der Waals surface area contributed by atoms with Gasteiger partial charge in [0.1, 0.15) is 18.2 Å². The molecule has 0 radical (unpaired) electrons. The highest BCUT2D eigenvalue weighted by atomic mass is 79.9. The van der Waals surface area contributed by atoms with Gasteiger partial charge in [0.05, 0.1) is 0 Å². The Balaban J connectivity index is 0.00000264. The van der Waals surface area contributed by atoms with Crippen molar-refractivity contribution in [3.8, 4) is 5.75 Å². The van der Waals surface area contributed by atoms with Crippen LogP contribution in [-0.4, -0.2) is 5.54 Å². The molecule has 0 atom stereocenters. The summed E-state index contributed by atoms with van der Waals surface area (Å²) in [6.45, 7) is 7.53. The van der Waals surface area contributed by atoms with Crippen molar-refractivity contribution in [2.24, 2.45) is 0 Å². The molecule has 23 heavy (non-hydrogen) atoms. The third-order valence-electron chi connectivity index (χ3n) is 3.14. The highest BCUT2D eigenvalue weighted by Gasteiger charge is 2.11. The van der Waals surface area contributed by atoms with E-state index in [9.17, 15) is 4.39 Å². The first kappa shape index (κ1) is 19.9. The van der Waals surface area contributed by atoms with Gasteiger partial charge in [0.15, 0.2) is 0 Å². The van der Waals surface area contributed by atoms with E-state index in [0.29, 0.717) is 6.61 Å². The minimum atomic E-state index is -0.234. The van der Waals surface area contributed by atoms with Crippen molar-refractivity contribution in [2.75, 3.05) is 0 Å². The Morgan fingerprint density at radius 3 is 2.35 bits per heavy atom. The Kier molecular flexibility index (Phi) is 7.52. The summed E-state index contributed by atoms with van der Waals surface area (Å²) < 4.78 is 19.8. The van der Waals surface area contributed by atoms with Crippen molar-refractivity contribution < 1.29 is 9.13 Å². The molecule has 0 aliphatic rings. The second-order valence-corrected chi connectivity index (χ2v) is 7.19. The van der Waals surface area contributed by atoms with Crippen LogP contribution in [0.1, 0.15) is 31.9 Å². The van der Waals surface area contributed by atoms with Crippen LogP contribution in [0.15, 0.2) is 46.9 Å². The standard InChI is InChI=1S/C18H21BrFNO.ClH/c1-18(2,3)21-11-14-10-15(19)6-9-17(14)22-12-13-4-7-16(20)8-5-13;/h4-10,21H,11-12H2,1-3H3;1H. The molecule has 5 heteroatoms. The molecule has 0 heterocycles. The summed E-state index contributed by atoms with van der Waals surface area (Å²) in [4.78, 5) is 0. The van der Waals surface area contributed by atoms with Crippen LogP contribution in [0, 0.1) is 5.82 Å². The van der Waals surface area contributed by atoms with Gasteiger partial charge in [-0.2, -0.15) is 0 Å². The second-order valence-electron chi connectivity index (χ2n) is 6.27. The van der Waals surface area contributed by atoms with E-state index in [1.807, 2.05) is 12.1 Å². The maximum Gasteiger partial charge on any atom is 0.124 e. The normalized spacial score (nSPS) is 11.0. The summed E-state index contributed by atoms with van der Waals surface area (Å²) in [6.07, 6.45) is 0. The lowest BCUT2D eigenvalue weighted by Gasteiger charge is -2.22. The molecule has 0 aromatic heterocycles. The van der Waals surface area contributed by atoms with Crippen molar-refractivity contribution in [1.29, 1.82) is 0 Å². The van der Waals surface area contributed by atoms with Gasteiger partial charge in [-0.15, -0.1) is 12.4 Å². The van der Waals surface area contributed by atoms with Crippen molar-refractivity contribution in [2.45, 2.75) is 39.5 Å². The number of hydrogen-bond donors (Lipinski definition) is 1. The minimum absolute atomic E-state index is 0. The zero-order valence-electron chi connectivity index (χ0n) is 13.5. The number of hydrogen-bond acceptors (Lipinski definition) is 2. The highest BCUT2D eigenvalue weighted by molar-refractivity contribution is 9.10. The molecule has 0 aliphatic heterocycles. The number of nitrogens with one attached hydrogen (secondary N) is 1. The summed E-state index contributed by atoms with van der Waals surface area (Å²) in [7, 11) is 0. The third kappa shape index (κ3) is 6.90. The Bertz CT molecular complexity index is 626. The molecule has 0 bridgehead atoms. The number of rotatable bonds is 5. The first-order valence-electron chi connectivity index (χ1n) is 7.24. The first-order valence-corrected chi connectivity index (χ1v) is 8.03. The van der Waals surface area contributed by atoms with Gasteiger partial charge >= 0.3 is 0 Å². The van der Waals surface area contributed by atoms with Crippen molar-refractivity contribution in [3.63, 3.8) is 0 Å². The van der Waals surface area contributed by atoms with E-state index in [-0.39, 0.29) is 23.8 Å². The predicted octanol–water partition coefficient (Wildman–Crippen LogP) is 5.48. The molecule has 0 fully saturated rings. The lowest BCUT2D eigenvalue weighted by Crippen LogP contribution is -2.35. The fourth-order valence-electron chi connectivity index (χ4n) is 1.93. The molecule has 2 nitrogen and oxygen atoms in total. The van der Waals surface area contributed by atoms with Crippen LogP contribution >= 0.6 is 28.3 Å². The van der Waals surface area contributed by atoms with E-state index < -0.39 is 0 Å². The van der Waals surface area contributed by atoms with Crippen LogP contribution < -0.4 is 10.1 Å². The summed E-state index contributed by atoms with van der Waals surface area (Å²) in [6, 6.07) is 12.3. The zero-order chi connectivity index (χ0) is 16.2. The quantitative estimate of drug-likeness (QED) is 0.715. The van der Waals surface area contributed by atoms with Crippen LogP contribution in [0.25, 0.3) is 0 Å². The molecule has 2 aromatic rings. The van der Waals surface area contributed by atoms with Gasteiger partial charge in [-0.25, -0.2) is 4.39 Å². The molecule has 0 aliphatic carbocycles. The van der Waals surface area contributed by atoms with Crippen molar-refractivity contribution >= 4 is 28.3 Å².